The maximum absolute atomic E-state index is 12.8. The molecule has 0 aliphatic carbocycles. The highest BCUT2D eigenvalue weighted by molar-refractivity contribution is 9.10. The Morgan fingerprint density at radius 1 is 1.32 bits per heavy atom. The van der Waals surface area contributed by atoms with Gasteiger partial charge in [0.25, 0.3) is 5.91 Å². The Kier molecular flexibility index (Phi) is 8.24. The molecule has 0 aliphatic heterocycles. The van der Waals surface area contributed by atoms with Crippen molar-refractivity contribution in [3.63, 3.8) is 0 Å². The number of nitrogens with one attached hydrogen (secondary N) is 1. The van der Waals surface area contributed by atoms with Gasteiger partial charge in [-0.25, -0.2) is 4.68 Å². The second-order valence-corrected chi connectivity index (χ2v) is 8.25. The van der Waals surface area contributed by atoms with Crippen LogP contribution in [0.4, 0.5) is 0 Å². The highest BCUT2D eigenvalue weighted by Gasteiger charge is 2.16. The second kappa shape index (κ2) is 10.2. The number of nitrogens with zero attached hydrogens (tertiary/aromatic N) is 2. The standard InChI is InChI=1S/C20H17BrClN3OS.BrH/c1-3-11-23-20-25(24-19(26)15-5-4-6-16(21)12-15)18(13(2)27-20)14-7-9-17(22)10-8-14;/h3-10,12H,1,11H2,2H3,(H,24,26);1H. The molecule has 28 heavy (non-hydrogen) atoms. The summed E-state index contributed by atoms with van der Waals surface area (Å²) in [7, 11) is 0. The molecule has 0 aliphatic rings. The lowest BCUT2D eigenvalue weighted by Crippen LogP contribution is -2.31. The van der Waals surface area contributed by atoms with Gasteiger partial charge in [-0.05, 0) is 37.3 Å². The molecule has 1 aromatic heterocycles. The summed E-state index contributed by atoms with van der Waals surface area (Å²) in [4.78, 5) is 19.1. The summed E-state index contributed by atoms with van der Waals surface area (Å²) in [5, 5.41) is 0.660. The van der Waals surface area contributed by atoms with Crippen LogP contribution in [0.25, 0.3) is 11.3 Å². The Bertz CT molecular complexity index is 1060. The predicted molar refractivity (Wildman–Crippen MR) is 126 cm³/mol. The highest BCUT2D eigenvalue weighted by atomic mass is 79.9. The molecule has 1 heterocycles. The van der Waals surface area contributed by atoms with Crippen LogP contribution in [0, 0.1) is 6.92 Å². The highest BCUT2D eigenvalue weighted by Crippen LogP contribution is 2.26. The third-order valence-corrected chi connectivity index (χ3v) is 5.51. The molecule has 1 amide bonds. The number of aryl methyl sites for hydroxylation is 1. The number of aromatic nitrogens is 1. The molecule has 0 fully saturated rings. The van der Waals surface area contributed by atoms with Gasteiger partial charge in [0.2, 0.25) is 4.80 Å². The largest absolute Gasteiger partial charge is 0.270 e. The van der Waals surface area contributed by atoms with Crippen molar-refractivity contribution in [2.45, 2.75) is 6.92 Å². The maximum Gasteiger partial charge on any atom is 0.270 e. The van der Waals surface area contributed by atoms with Crippen LogP contribution in [0.5, 0.6) is 0 Å². The smallest absolute Gasteiger partial charge is 0.267 e. The van der Waals surface area contributed by atoms with E-state index in [1.54, 1.807) is 22.9 Å². The number of benzene rings is 2. The molecule has 4 nitrogen and oxygen atoms in total. The SMILES string of the molecule is Br.C=CCN=c1sc(C)c(-c2ccc(Cl)cc2)n1NC(=O)c1cccc(Br)c1. The average molecular weight is 544 g/mol. The van der Waals surface area contributed by atoms with Gasteiger partial charge in [-0.1, -0.05) is 63.1 Å². The van der Waals surface area contributed by atoms with Crippen molar-refractivity contribution in [1.82, 2.24) is 4.68 Å². The average Bonchev–Trinajstić information content (AvgIpc) is 2.96. The fourth-order valence-electron chi connectivity index (χ4n) is 2.57. The van der Waals surface area contributed by atoms with Gasteiger partial charge >= 0.3 is 0 Å². The minimum absolute atomic E-state index is 0. The van der Waals surface area contributed by atoms with Crippen LogP contribution in [-0.4, -0.2) is 17.1 Å². The summed E-state index contributed by atoms with van der Waals surface area (Å²) in [6, 6.07) is 14.8. The number of halogens is 3. The molecular formula is C20H18Br2ClN3OS. The molecule has 0 bridgehead atoms. The van der Waals surface area contributed by atoms with Crippen LogP contribution in [0.1, 0.15) is 15.2 Å². The van der Waals surface area contributed by atoms with E-state index in [0.29, 0.717) is 21.9 Å². The first kappa shape index (κ1) is 22.6. The lowest BCUT2D eigenvalue weighted by molar-refractivity contribution is 0.101. The summed E-state index contributed by atoms with van der Waals surface area (Å²) < 4.78 is 2.58. The third kappa shape index (κ3) is 5.23. The molecule has 0 atom stereocenters. The molecule has 8 heteroatoms. The lowest BCUT2D eigenvalue weighted by Gasteiger charge is -2.12. The van der Waals surface area contributed by atoms with E-state index in [9.17, 15) is 4.79 Å². The number of carbonyl (C=O) groups is 1. The van der Waals surface area contributed by atoms with Crippen LogP contribution in [-0.2, 0) is 0 Å². The first-order chi connectivity index (χ1) is 13.0. The quantitative estimate of drug-likeness (QED) is 0.395. The minimum Gasteiger partial charge on any atom is -0.267 e. The van der Waals surface area contributed by atoms with E-state index in [2.05, 4.69) is 32.9 Å². The maximum atomic E-state index is 12.8. The number of hydrogen-bond acceptors (Lipinski definition) is 3. The van der Waals surface area contributed by atoms with Gasteiger partial charge in [0, 0.05) is 25.5 Å². The number of hydrogen-bond donors (Lipinski definition) is 1. The molecule has 1 N–H and O–H groups in total. The van der Waals surface area contributed by atoms with Crippen molar-refractivity contribution >= 4 is 61.8 Å². The molecule has 0 saturated carbocycles. The van der Waals surface area contributed by atoms with E-state index in [4.69, 9.17) is 11.6 Å². The summed E-state index contributed by atoms with van der Waals surface area (Å²) >= 11 is 10.9. The molecular weight excluding hydrogens is 526 g/mol. The Morgan fingerprint density at radius 2 is 2.04 bits per heavy atom. The fraction of sp³-hybridized carbons (Fsp3) is 0.100. The number of rotatable bonds is 5. The van der Waals surface area contributed by atoms with Crippen LogP contribution < -0.4 is 10.2 Å². The van der Waals surface area contributed by atoms with Gasteiger partial charge < -0.3 is 0 Å². The molecule has 0 saturated heterocycles. The van der Waals surface area contributed by atoms with E-state index in [1.165, 1.54) is 11.3 Å². The van der Waals surface area contributed by atoms with Crippen LogP contribution in [0.2, 0.25) is 5.02 Å². The number of amides is 1. The van der Waals surface area contributed by atoms with E-state index in [1.807, 2.05) is 43.3 Å². The zero-order valence-corrected chi connectivity index (χ0v) is 19.9. The van der Waals surface area contributed by atoms with Crippen molar-refractivity contribution in [3.8, 4) is 11.3 Å². The van der Waals surface area contributed by atoms with Crippen molar-refractivity contribution < 1.29 is 4.79 Å². The lowest BCUT2D eigenvalue weighted by atomic mass is 10.1. The Morgan fingerprint density at radius 3 is 2.68 bits per heavy atom. The van der Waals surface area contributed by atoms with Gasteiger partial charge in [-0.2, -0.15) is 0 Å². The first-order valence-electron chi connectivity index (χ1n) is 8.16. The monoisotopic (exact) mass is 541 g/mol. The molecule has 3 aromatic rings. The van der Waals surface area contributed by atoms with E-state index < -0.39 is 0 Å². The zero-order valence-electron chi connectivity index (χ0n) is 15.0. The van der Waals surface area contributed by atoms with Gasteiger partial charge in [0.05, 0.1) is 12.2 Å². The molecule has 0 radical (unpaired) electrons. The molecule has 0 spiro atoms. The van der Waals surface area contributed by atoms with E-state index in [-0.39, 0.29) is 22.9 Å². The van der Waals surface area contributed by atoms with Crippen LogP contribution in [0.15, 0.2) is 70.7 Å². The first-order valence-corrected chi connectivity index (χ1v) is 10.1. The van der Waals surface area contributed by atoms with E-state index in [0.717, 1.165) is 20.6 Å². The normalized spacial score (nSPS) is 11.0. The van der Waals surface area contributed by atoms with E-state index >= 15 is 0 Å². The van der Waals surface area contributed by atoms with Gasteiger partial charge in [0.15, 0.2) is 0 Å². The van der Waals surface area contributed by atoms with Crippen molar-refractivity contribution in [1.29, 1.82) is 0 Å². The van der Waals surface area contributed by atoms with Crippen LogP contribution in [0.3, 0.4) is 0 Å². The third-order valence-electron chi connectivity index (χ3n) is 3.77. The van der Waals surface area contributed by atoms with Gasteiger partial charge in [-0.3, -0.25) is 15.2 Å². The molecule has 0 unspecified atom stereocenters. The van der Waals surface area contributed by atoms with Gasteiger partial charge in [0.1, 0.15) is 0 Å². The summed E-state index contributed by atoms with van der Waals surface area (Å²) in [6.45, 7) is 6.18. The molecule has 146 valence electrons. The Labute approximate surface area is 191 Å². The Balaban J connectivity index is 0.00000280. The Hall–Kier alpha value is -1.67. The summed E-state index contributed by atoms with van der Waals surface area (Å²) in [5.74, 6) is -0.218. The summed E-state index contributed by atoms with van der Waals surface area (Å²) in [6.07, 6.45) is 1.72. The topological polar surface area (TPSA) is 46.4 Å². The molecule has 2 aromatic carbocycles. The molecule has 3 rings (SSSR count). The predicted octanol–water partition coefficient (Wildman–Crippen LogP) is 5.99. The fourth-order valence-corrected chi connectivity index (χ4v) is 4.04. The minimum atomic E-state index is -0.218. The van der Waals surface area contributed by atoms with Crippen molar-refractivity contribution in [2.75, 3.05) is 12.0 Å². The number of carbonyl (C=O) groups excluding carboxylic acids is 1. The summed E-state index contributed by atoms with van der Waals surface area (Å²) in [5.41, 5.74) is 5.35. The van der Waals surface area contributed by atoms with Crippen LogP contribution >= 0.6 is 55.8 Å². The van der Waals surface area contributed by atoms with Crippen molar-refractivity contribution in [3.05, 3.63) is 85.9 Å². The van der Waals surface area contributed by atoms with Gasteiger partial charge in [-0.15, -0.1) is 23.6 Å². The number of thiazole rings is 1. The zero-order chi connectivity index (χ0) is 19.4. The van der Waals surface area contributed by atoms with Crippen molar-refractivity contribution in [2.24, 2.45) is 4.99 Å². The second-order valence-electron chi connectivity index (χ2n) is 5.71.